The second kappa shape index (κ2) is 10.7. The predicted octanol–water partition coefficient (Wildman–Crippen LogP) is 3.99. The van der Waals surface area contributed by atoms with Crippen LogP contribution in [0.2, 0.25) is 0 Å². The van der Waals surface area contributed by atoms with E-state index in [0.29, 0.717) is 17.7 Å². The number of esters is 1. The number of carbonyl (C=O) groups is 3. The Morgan fingerprint density at radius 2 is 1.77 bits per heavy atom. The lowest BCUT2D eigenvalue weighted by molar-refractivity contribution is -0.142. The van der Waals surface area contributed by atoms with E-state index in [0.717, 1.165) is 5.56 Å². The van der Waals surface area contributed by atoms with Gasteiger partial charge in [-0.25, -0.2) is 14.2 Å². The maximum Gasteiger partial charge on any atom is 0.409 e. The summed E-state index contributed by atoms with van der Waals surface area (Å²) < 4.78 is 25.3. The van der Waals surface area contributed by atoms with Crippen LogP contribution < -0.4 is 10.2 Å². The molecule has 0 aliphatic carbocycles. The van der Waals surface area contributed by atoms with Crippen LogP contribution in [-0.4, -0.2) is 48.6 Å². The second-order valence-corrected chi connectivity index (χ2v) is 8.90. The van der Waals surface area contributed by atoms with Crippen molar-refractivity contribution in [2.45, 2.75) is 52.8 Å². The molecule has 1 aliphatic rings. The van der Waals surface area contributed by atoms with E-state index in [2.05, 4.69) is 10.3 Å². The van der Waals surface area contributed by atoms with Crippen molar-refractivity contribution in [2.75, 3.05) is 18.1 Å². The monoisotopic (exact) mass is 483 g/mol. The van der Waals surface area contributed by atoms with E-state index in [1.54, 1.807) is 58.0 Å². The number of alkyl carbamates (subject to hydrolysis) is 1. The first kappa shape index (κ1) is 25.9. The molecule has 0 unspecified atom stereocenters. The number of benzodiazepines with no additional fused rings is 1. The number of nitrogens with one attached hydrogen (secondary N) is 1. The molecule has 186 valence electrons. The van der Waals surface area contributed by atoms with Crippen LogP contribution in [0.15, 0.2) is 47.5 Å². The van der Waals surface area contributed by atoms with Crippen LogP contribution in [0.1, 0.15) is 51.3 Å². The minimum absolute atomic E-state index is 0.139. The highest BCUT2D eigenvalue weighted by Crippen LogP contribution is 2.33. The summed E-state index contributed by atoms with van der Waals surface area (Å²) in [6, 6.07) is 11.4. The molecule has 8 nitrogen and oxygen atoms in total. The summed E-state index contributed by atoms with van der Waals surface area (Å²) in [6.07, 6.45) is -1.80. The summed E-state index contributed by atoms with van der Waals surface area (Å²) in [7, 11) is 0. The molecule has 35 heavy (non-hydrogen) atoms. The van der Waals surface area contributed by atoms with E-state index in [-0.39, 0.29) is 17.9 Å². The minimum Gasteiger partial charge on any atom is -0.465 e. The van der Waals surface area contributed by atoms with Gasteiger partial charge < -0.3 is 9.47 Å². The third-order valence-electron chi connectivity index (χ3n) is 5.16. The Morgan fingerprint density at radius 3 is 2.40 bits per heavy atom. The van der Waals surface area contributed by atoms with Crippen molar-refractivity contribution in [3.8, 4) is 0 Å². The molecule has 1 N–H and O–H groups in total. The number of halogens is 1. The van der Waals surface area contributed by atoms with Gasteiger partial charge in [-0.15, -0.1) is 0 Å². The van der Waals surface area contributed by atoms with E-state index in [1.807, 2.05) is 13.0 Å². The number of fused-ring (bicyclic) bond motifs is 1. The highest BCUT2D eigenvalue weighted by atomic mass is 19.1. The molecule has 9 heteroatoms. The van der Waals surface area contributed by atoms with E-state index in [1.165, 1.54) is 11.0 Å². The smallest absolute Gasteiger partial charge is 0.409 e. The standard InChI is InChI=1S/C26H30FN3O5/c1-6-16-11-10-13-18-21(17-12-8-9-14-19(17)27)28-23(29-25(33)35-26(3,4)5)24(32)30(22(16)18)15-20(31)34-7-2/h8-14,23H,6-7,15H2,1-5H3,(H,29,33)/t23-/m1/s1. The normalized spacial score (nSPS) is 15.6. The quantitative estimate of drug-likeness (QED) is 0.627. The number of hydrogen-bond acceptors (Lipinski definition) is 6. The third-order valence-corrected chi connectivity index (χ3v) is 5.16. The van der Waals surface area contributed by atoms with Crippen molar-refractivity contribution in [1.29, 1.82) is 0 Å². The molecule has 0 saturated heterocycles. The summed E-state index contributed by atoms with van der Waals surface area (Å²) in [6.45, 7) is 8.37. The number of nitrogens with zero attached hydrogens (tertiary/aromatic N) is 2. The number of carbonyl (C=O) groups excluding carboxylic acids is 3. The van der Waals surface area contributed by atoms with Crippen molar-refractivity contribution in [1.82, 2.24) is 5.32 Å². The molecule has 2 aromatic rings. The summed E-state index contributed by atoms with van der Waals surface area (Å²) in [5.41, 5.74) is 1.14. The molecule has 2 amide bonds. The first-order valence-corrected chi connectivity index (χ1v) is 11.5. The molecule has 0 aromatic heterocycles. The topological polar surface area (TPSA) is 97.3 Å². The van der Waals surface area contributed by atoms with Gasteiger partial charge in [-0.3, -0.25) is 19.8 Å². The van der Waals surface area contributed by atoms with Crippen LogP contribution >= 0.6 is 0 Å². The SMILES string of the molecule is CCOC(=O)CN1C(=O)[C@@H](NC(=O)OC(C)(C)C)N=C(c2ccccc2F)c2cccc(CC)c21. The van der Waals surface area contributed by atoms with Gasteiger partial charge in [-0.1, -0.05) is 37.3 Å². The fraction of sp³-hybridized carbons (Fsp3) is 0.385. The molecular formula is C26H30FN3O5. The molecule has 1 heterocycles. The van der Waals surface area contributed by atoms with Gasteiger partial charge in [0.1, 0.15) is 18.0 Å². The van der Waals surface area contributed by atoms with Crippen molar-refractivity contribution in [2.24, 2.45) is 4.99 Å². The van der Waals surface area contributed by atoms with E-state index < -0.39 is 42.1 Å². The van der Waals surface area contributed by atoms with Gasteiger partial charge in [0.05, 0.1) is 18.0 Å². The first-order valence-electron chi connectivity index (χ1n) is 11.5. The Morgan fingerprint density at radius 1 is 1.09 bits per heavy atom. The minimum atomic E-state index is -1.47. The summed E-state index contributed by atoms with van der Waals surface area (Å²) in [5, 5.41) is 2.48. The van der Waals surface area contributed by atoms with Crippen molar-refractivity contribution in [3.63, 3.8) is 0 Å². The van der Waals surface area contributed by atoms with Crippen molar-refractivity contribution < 1.29 is 28.2 Å². The van der Waals surface area contributed by atoms with Crippen LogP contribution in [-0.2, 0) is 25.5 Å². The second-order valence-electron chi connectivity index (χ2n) is 8.90. The van der Waals surface area contributed by atoms with Crippen LogP contribution in [0, 0.1) is 5.82 Å². The lowest BCUT2D eigenvalue weighted by Gasteiger charge is -2.27. The number of hydrogen-bond donors (Lipinski definition) is 1. The van der Waals surface area contributed by atoms with Crippen molar-refractivity contribution >= 4 is 29.4 Å². The summed E-state index contributed by atoms with van der Waals surface area (Å²) >= 11 is 0. The number of aryl methyl sites for hydroxylation is 1. The highest BCUT2D eigenvalue weighted by molar-refractivity contribution is 6.21. The molecule has 0 saturated carbocycles. The van der Waals surface area contributed by atoms with Gasteiger partial charge in [-0.05, 0) is 51.8 Å². The number of para-hydroxylation sites is 1. The summed E-state index contributed by atoms with van der Waals surface area (Å²) in [5.74, 6) is -1.83. The zero-order chi connectivity index (χ0) is 25.8. The van der Waals surface area contributed by atoms with Crippen molar-refractivity contribution in [3.05, 3.63) is 65.0 Å². The molecule has 0 spiro atoms. The number of benzene rings is 2. The molecular weight excluding hydrogens is 453 g/mol. The third kappa shape index (κ3) is 6.03. The largest absolute Gasteiger partial charge is 0.465 e. The lowest BCUT2D eigenvalue weighted by atomic mass is 9.96. The number of amides is 2. The van der Waals surface area contributed by atoms with Gasteiger partial charge >= 0.3 is 12.1 Å². The summed E-state index contributed by atoms with van der Waals surface area (Å²) in [4.78, 5) is 44.5. The fourth-order valence-electron chi connectivity index (χ4n) is 3.77. The molecule has 0 bridgehead atoms. The molecule has 1 aliphatic heterocycles. The van der Waals surface area contributed by atoms with Gasteiger partial charge in [0.15, 0.2) is 0 Å². The van der Waals surface area contributed by atoms with Gasteiger partial charge in [0.2, 0.25) is 6.17 Å². The highest BCUT2D eigenvalue weighted by Gasteiger charge is 2.36. The Bertz CT molecular complexity index is 1160. The Hall–Kier alpha value is -3.75. The van der Waals surface area contributed by atoms with Crippen LogP contribution in [0.3, 0.4) is 0 Å². The van der Waals surface area contributed by atoms with Gasteiger partial charge in [0, 0.05) is 11.1 Å². The number of anilines is 1. The molecule has 0 radical (unpaired) electrons. The molecule has 0 fully saturated rings. The number of aliphatic imine (C=N–C) groups is 1. The lowest BCUT2D eigenvalue weighted by Crippen LogP contribution is -2.50. The van der Waals surface area contributed by atoms with Gasteiger partial charge in [-0.2, -0.15) is 0 Å². The van der Waals surface area contributed by atoms with Crippen LogP contribution in [0.5, 0.6) is 0 Å². The maximum atomic E-state index is 14.9. The number of rotatable bonds is 6. The Balaban J connectivity index is 2.22. The van der Waals surface area contributed by atoms with E-state index in [4.69, 9.17) is 9.47 Å². The van der Waals surface area contributed by atoms with E-state index >= 15 is 0 Å². The van der Waals surface area contributed by atoms with Gasteiger partial charge in [0.25, 0.3) is 5.91 Å². The van der Waals surface area contributed by atoms with E-state index in [9.17, 15) is 18.8 Å². The average Bonchev–Trinajstić information content (AvgIpc) is 2.89. The molecule has 1 atom stereocenters. The Kier molecular flexibility index (Phi) is 7.89. The molecule has 3 rings (SSSR count). The Labute approximate surface area is 204 Å². The maximum absolute atomic E-state index is 14.9. The fourth-order valence-corrected chi connectivity index (χ4v) is 3.77. The zero-order valence-corrected chi connectivity index (χ0v) is 20.6. The zero-order valence-electron chi connectivity index (χ0n) is 20.6. The average molecular weight is 484 g/mol. The van der Waals surface area contributed by atoms with Crippen LogP contribution in [0.4, 0.5) is 14.9 Å². The predicted molar refractivity (Wildman–Crippen MR) is 130 cm³/mol. The van der Waals surface area contributed by atoms with Crippen LogP contribution in [0.25, 0.3) is 0 Å². The molecule has 2 aromatic carbocycles. The first-order chi connectivity index (χ1) is 16.6. The number of ether oxygens (including phenoxy) is 2.